The molecule has 0 saturated heterocycles. The second kappa shape index (κ2) is 13.9. The summed E-state index contributed by atoms with van der Waals surface area (Å²) in [7, 11) is 0. The van der Waals surface area contributed by atoms with E-state index in [1.807, 2.05) is 58.9 Å². The SMILES string of the molecule is CC(C)(C)c1cc(N(C(=O)N(c2ccc(Cc3ccncc3)cc2)c2ccc(Cc3ccncc3)cc2)c2csc(C(C)(C)C)c2)cs1. The Morgan fingerprint density at radius 2 is 0.854 bits per heavy atom. The molecule has 0 bridgehead atoms. The number of aromatic nitrogens is 2. The van der Waals surface area contributed by atoms with E-state index in [1.165, 1.54) is 32.0 Å². The largest absolute Gasteiger partial charge is 0.338 e. The average molecular weight is 671 g/mol. The van der Waals surface area contributed by atoms with Crippen LogP contribution < -0.4 is 9.80 Å². The summed E-state index contributed by atoms with van der Waals surface area (Å²) in [6, 6.07) is 29.0. The number of benzene rings is 2. The van der Waals surface area contributed by atoms with E-state index >= 15 is 4.79 Å². The summed E-state index contributed by atoms with van der Waals surface area (Å²) in [5, 5.41) is 4.22. The Morgan fingerprint density at radius 1 is 0.521 bits per heavy atom. The fraction of sp³-hybridized carbons (Fsp3) is 0.244. The summed E-state index contributed by atoms with van der Waals surface area (Å²) >= 11 is 3.40. The summed E-state index contributed by atoms with van der Waals surface area (Å²) in [5.74, 6) is 0. The average Bonchev–Trinajstić information content (AvgIpc) is 3.76. The molecule has 0 fully saturated rings. The molecular weight excluding hydrogens is 629 g/mol. The van der Waals surface area contributed by atoms with Crippen molar-refractivity contribution in [3.05, 3.63) is 152 Å². The maximum atomic E-state index is 15.2. The number of amides is 2. The molecule has 2 aromatic carbocycles. The van der Waals surface area contributed by atoms with Gasteiger partial charge in [0.25, 0.3) is 0 Å². The molecule has 0 saturated carbocycles. The number of thiophene rings is 2. The van der Waals surface area contributed by atoms with Crippen LogP contribution >= 0.6 is 22.7 Å². The maximum absolute atomic E-state index is 15.2. The number of rotatable bonds is 8. The summed E-state index contributed by atoms with van der Waals surface area (Å²) in [6.07, 6.45) is 8.87. The van der Waals surface area contributed by atoms with Crippen molar-refractivity contribution >= 4 is 51.5 Å². The van der Waals surface area contributed by atoms with Gasteiger partial charge >= 0.3 is 6.03 Å². The van der Waals surface area contributed by atoms with Crippen molar-refractivity contribution in [3.8, 4) is 0 Å². The summed E-state index contributed by atoms with van der Waals surface area (Å²) in [5.41, 5.74) is 8.04. The smallest absolute Gasteiger partial charge is 0.265 e. The second-order valence-corrected chi connectivity index (χ2v) is 16.0. The van der Waals surface area contributed by atoms with Gasteiger partial charge in [-0.15, -0.1) is 22.7 Å². The van der Waals surface area contributed by atoms with E-state index in [4.69, 9.17) is 0 Å². The molecule has 0 aliphatic carbocycles. The molecule has 2 amide bonds. The van der Waals surface area contributed by atoms with Crippen LogP contribution in [0.5, 0.6) is 0 Å². The van der Waals surface area contributed by atoms with Crippen LogP contribution in [0, 0.1) is 0 Å². The second-order valence-electron chi connectivity index (χ2n) is 14.2. The standard InChI is InChI=1S/C41H42N4OS2/c1-40(2,3)37-25-35(27-47-37)45(36-26-38(48-28-36)41(4,5)6)39(46)44(33-11-7-29(8-12-33)23-31-15-19-42-20-16-31)34-13-9-30(10-14-34)24-32-17-21-43-22-18-32/h7-22,25-28H,23-24H2,1-6H3. The van der Waals surface area contributed by atoms with E-state index in [9.17, 15) is 0 Å². The van der Waals surface area contributed by atoms with Crippen molar-refractivity contribution in [3.63, 3.8) is 0 Å². The number of hydrogen-bond acceptors (Lipinski definition) is 5. The molecule has 4 heterocycles. The summed E-state index contributed by atoms with van der Waals surface area (Å²) in [4.78, 5) is 29.7. The van der Waals surface area contributed by atoms with Gasteiger partial charge in [0.15, 0.2) is 0 Å². The third kappa shape index (κ3) is 7.75. The number of nitrogens with zero attached hydrogens (tertiary/aromatic N) is 4. The molecule has 0 radical (unpaired) electrons. The van der Waals surface area contributed by atoms with Crippen molar-refractivity contribution < 1.29 is 4.79 Å². The minimum atomic E-state index is -0.129. The van der Waals surface area contributed by atoms with Gasteiger partial charge in [-0.05, 0) is 107 Å². The molecule has 5 nitrogen and oxygen atoms in total. The molecule has 7 heteroatoms. The van der Waals surface area contributed by atoms with E-state index in [2.05, 4.69) is 123 Å². The van der Waals surface area contributed by atoms with Gasteiger partial charge in [0.05, 0.1) is 22.7 Å². The fourth-order valence-corrected chi connectivity index (χ4v) is 7.44. The number of carbonyl (C=O) groups excluding carboxylic acids is 1. The van der Waals surface area contributed by atoms with E-state index < -0.39 is 0 Å². The Kier molecular flexibility index (Phi) is 9.63. The highest BCUT2D eigenvalue weighted by molar-refractivity contribution is 7.11. The van der Waals surface area contributed by atoms with E-state index in [1.54, 1.807) is 22.7 Å². The van der Waals surface area contributed by atoms with Crippen molar-refractivity contribution in [2.75, 3.05) is 9.80 Å². The molecule has 6 aromatic rings. The first-order valence-electron chi connectivity index (χ1n) is 16.2. The molecular formula is C41H42N4OS2. The van der Waals surface area contributed by atoms with Crippen LogP contribution in [0.15, 0.2) is 120 Å². The molecule has 0 aliphatic heterocycles. The van der Waals surface area contributed by atoms with Gasteiger partial charge < -0.3 is 0 Å². The zero-order valence-corrected chi connectivity index (χ0v) is 30.1. The van der Waals surface area contributed by atoms with E-state index in [-0.39, 0.29) is 16.9 Å². The van der Waals surface area contributed by atoms with Gasteiger partial charge in [-0.25, -0.2) is 4.79 Å². The highest BCUT2D eigenvalue weighted by Gasteiger charge is 2.30. The molecule has 0 atom stereocenters. The van der Waals surface area contributed by atoms with Gasteiger partial charge in [-0.1, -0.05) is 65.8 Å². The molecule has 0 spiro atoms. The lowest BCUT2D eigenvalue weighted by Crippen LogP contribution is -2.38. The van der Waals surface area contributed by atoms with Gasteiger partial charge in [0.2, 0.25) is 0 Å². The molecule has 0 N–H and O–H groups in total. The number of anilines is 4. The Balaban J connectivity index is 1.42. The normalized spacial score (nSPS) is 11.8. The maximum Gasteiger partial charge on any atom is 0.338 e. The quantitative estimate of drug-likeness (QED) is 0.162. The van der Waals surface area contributed by atoms with E-state index in [0.717, 1.165) is 35.6 Å². The third-order valence-corrected chi connectivity index (χ3v) is 10.9. The van der Waals surface area contributed by atoms with Crippen molar-refractivity contribution in [2.24, 2.45) is 0 Å². The van der Waals surface area contributed by atoms with Crippen molar-refractivity contribution in [1.82, 2.24) is 9.97 Å². The van der Waals surface area contributed by atoms with Crippen LogP contribution in [-0.2, 0) is 23.7 Å². The predicted molar refractivity (Wildman–Crippen MR) is 203 cm³/mol. The number of pyridine rings is 2. The first kappa shape index (κ1) is 33.3. The monoisotopic (exact) mass is 670 g/mol. The first-order valence-corrected chi connectivity index (χ1v) is 18.0. The van der Waals surface area contributed by atoms with Crippen LogP contribution in [0.25, 0.3) is 0 Å². The zero-order chi connectivity index (χ0) is 33.9. The number of urea groups is 1. The molecule has 0 aliphatic rings. The molecule has 0 unspecified atom stereocenters. The van der Waals surface area contributed by atoms with Crippen LogP contribution in [0.1, 0.15) is 73.6 Å². The lowest BCUT2D eigenvalue weighted by molar-refractivity contribution is 0.255. The van der Waals surface area contributed by atoms with Crippen LogP contribution in [0.4, 0.5) is 27.5 Å². The lowest BCUT2D eigenvalue weighted by Gasteiger charge is -2.30. The highest BCUT2D eigenvalue weighted by atomic mass is 32.1. The molecule has 244 valence electrons. The number of carbonyl (C=O) groups is 1. The Labute approximate surface area is 292 Å². The lowest BCUT2D eigenvalue weighted by atomic mass is 9.94. The van der Waals surface area contributed by atoms with Crippen LogP contribution in [0.3, 0.4) is 0 Å². The van der Waals surface area contributed by atoms with Gasteiger partial charge in [0.1, 0.15) is 0 Å². The Bertz CT molecular complexity index is 1810. The fourth-order valence-electron chi connectivity index (χ4n) is 5.51. The third-order valence-electron chi connectivity index (χ3n) is 8.25. The number of hydrogen-bond donors (Lipinski definition) is 0. The van der Waals surface area contributed by atoms with E-state index in [0.29, 0.717) is 0 Å². The van der Waals surface area contributed by atoms with Crippen LogP contribution in [-0.4, -0.2) is 16.0 Å². The molecule has 4 aromatic heterocycles. The zero-order valence-electron chi connectivity index (χ0n) is 28.5. The topological polar surface area (TPSA) is 49.3 Å². The van der Waals surface area contributed by atoms with Gasteiger partial charge in [0, 0.05) is 45.3 Å². The van der Waals surface area contributed by atoms with Gasteiger partial charge in [-0.2, -0.15) is 0 Å². The minimum Gasteiger partial charge on any atom is -0.265 e. The minimum absolute atomic E-state index is 0.0299. The first-order chi connectivity index (χ1) is 23.0. The Hall–Kier alpha value is -4.59. The predicted octanol–water partition coefficient (Wildman–Crippen LogP) is 11.5. The van der Waals surface area contributed by atoms with Crippen molar-refractivity contribution in [2.45, 2.75) is 65.2 Å². The summed E-state index contributed by atoms with van der Waals surface area (Å²) < 4.78 is 0. The van der Waals surface area contributed by atoms with Crippen molar-refractivity contribution in [1.29, 1.82) is 0 Å². The molecule has 6 rings (SSSR count). The Morgan fingerprint density at radius 3 is 1.19 bits per heavy atom. The molecule has 48 heavy (non-hydrogen) atoms. The van der Waals surface area contributed by atoms with Crippen LogP contribution in [0.2, 0.25) is 0 Å². The summed E-state index contributed by atoms with van der Waals surface area (Å²) in [6.45, 7) is 13.3. The highest BCUT2D eigenvalue weighted by Crippen LogP contribution is 2.41. The van der Waals surface area contributed by atoms with Gasteiger partial charge in [-0.3, -0.25) is 19.8 Å².